The van der Waals surface area contributed by atoms with E-state index in [9.17, 15) is 4.79 Å². The van der Waals surface area contributed by atoms with E-state index in [1.165, 1.54) is 24.1 Å². The Labute approximate surface area is 165 Å². The summed E-state index contributed by atoms with van der Waals surface area (Å²) < 4.78 is 1.73. The molecule has 0 saturated carbocycles. The fourth-order valence-electron chi connectivity index (χ4n) is 3.82. The van der Waals surface area contributed by atoms with Crippen molar-refractivity contribution in [3.63, 3.8) is 0 Å². The van der Waals surface area contributed by atoms with Gasteiger partial charge < -0.3 is 10.2 Å². The van der Waals surface area contributed by atoms with Crippen LogP contribution in [0.4, 0.5) is 11.4 Å². The molecule has 28 heavy (non-hydrogen) atoms. The summed E-state index contributed by atoms with van der Waals surface area (Å²) in [5.41, 5.74) is 4.67. The van der Waals surface area contributed by atoms with Crippen molar-refractivity contribution in [1.29, 1.82) is 0 Å². The standard InChI is InChI=1S/C22H25N5O/c1-3-19-18(15-24-27(19)21-8-4-5-11-23-21)22(28)25-17-9-10-20(16(2)14-17)26-12-6-7-13-26/h4-5,8-11,14-15H,3,6-7,12-13H2,1-2H3,(H,25,28). The second-order valence-corrected chi connectivity index (χ2v) is 7.11. The van der Waals surface area contributed by atoms with Crippen LogP contribution in [-0.4, -0.2) is 33.8 Å². The average Bonchev–Trinajstić information content (AvgIpc) is 3.38. The van der Waals surface area contributed by atoms with Gasteiger partial charge in [-0.2, -0.15) is 5.10 Å². The lowest BCUT2D eigenvalue weighted by Gasteiger charge is -2.20. The molecular formula is C22H25N5O. The largest absolute Gasteiger partial charge is 0.371 e. The number of benzene rings is 1. The van der Waals surface area contributed by atoms with Crippen LogP contribution in [0.2, 0.25) is 0 Å². The molecule has 0 radical (unpaired) electrons. The molecule has 1 aromatic carbocycles. The minimum atomic E-state index is -0.146. The predicted molar refractivity (Wildman–Crippen MR) is 111 cm³/mol. The topological polar surface area (TPSA) is 63.1 Å². The third-order valence-corrected chi connectivity index (χ3v) is 5.22. The first-order chi connectivity index (χ1) is 13.7. The molecule has 2 aromatic heterocycles. The zero-order valence-corrected chi connectivity index (χ0v) is 16.4. The van der Waals surface area contributed by atoms with E-state index < -0.39 is 0 Å². The van der Waals surface area contributed by atoms with Crippen LogP contribution in [0.3, 0.4) is 0 Å². The normalized spacial score (nSPS) is 13.7. The number of carbonyl (C=O) groups is 1. The third-order valence-electron chi connectivity index (χ3n) is 5.22. The molecule has 0 aliphatic carbocycles. The summed E-state index contributed by atoms with van der Waals surface area (Å²) in [7, 11) is 0. The zero-order chi connectivity index (χ0) is 19.5. The molecule has 1 fully saturated rings. The summed E-state index contributed by atoms with van der Waals surface area (Å²) in [6.07, 6.45) is 6.53. The molecule has 0 bridgehead atoms. The number of rotatable bonds is 5. The van der Waals surface area contributed by atoms with Crippen LogP contribution in [0.5, 0.6) is 0 Å². The van der Waals surface area contributed by atoms with E-state index in [0.29, 0.717) is 17.8 Å². The van der Waals surface area contributed by atoms with Crippen molar-refractivity contribution in [1.82, 2.24) is 14.8 Å². The molecule has 0 atom stereocenters. The van der Waals surface area contributed by atoms with E-state index >= 15 is 0 Å². The Morgan fingerprint density at radius 3 is 2.68 bits per heavy atom. The van der Waals surface area contributed by atoms with E-state index in [1.807, 2.05) is 37.3 Å². The fraction of sp³-hybridized carbons (Fsp3) is 0.318. The van der Waals surface area contributed by atoms with Gasteiger partial charge in [0.05, 0.1) is 17.5 Å². The van der Waals surface area contributed by atoms with Gasteiger partial charge in [-0.15, -0.1) is 0 Å². The van der Waals surface area contributed by atoms with Gasteiger partial charge in [-0.25, -0.2) is 9.67 Å². The Balaban J connectivity index is 1.56. The Morgan fingerprint density at radius 1 is 1.18 bits per heavy atom. The molecule has 1 saturated heterocycles. The molecule has 0 spiro atoms. The molecule has 1 amide bonds. The second-order valence-electron chi connectivity index (χ2n) is 7.11. The van der Waals surface area contributed by atoms with Crippen molar-refractivity contribution >= 4 is 17.3 Å². The third kappa shape index (κ3) is 3.50. The minimum Gasteiger partial charge on any atom is -0.371 e. The lowest BCUT2D eigenvalue weighted by Crippen LogP contribution is -2.19. The molecule has 1 aliphatic heterocycles. The first kappa shape index (κ1) is 18.2. The molecule has 0 unspecified atom stereocenters. The first-order valence-electron chi connectivity index (χ1n) is 9.82. The fourth-order valence-corrected chi connectivity index (χ4v) is 3.82. The van der Waals surface area contributed by atoms with E-state index in [2.05, 4.69) is 33.3 Å². The van der Waals surface area contributed by atoms with Crippen LogP contribution in [0, 0.1) is 6.92 Å². The van der Waals surface area contributed by atoms with Gasteiger partial charge in [-0.1, -0.05) is 13.0 Å². The maximum atomic E-state index is 12.9. The summed E-state index contributed by atoms with van der Waals surface area (Å²) in [4.78, 5) is 19.6. The van der Waals surface area contributed by atoms with Gasteiger partial charge in [0.2, 0.25) is 0 Å². The summed E-state index contributed by atoms with van der Waals surface area (Å²) in [5.74, 6) is 0.566. The molecular weight excluding hydrogens is 350 g/mol. The molecule has 3 aromatic rings. The Hall–Kier alpha value is -3.15. The number of aryl methyl sites for hydroxylation is 1. The van der Waals surface area contributed by atoms with Gasteiger partial charge >= 0.3 is 0 Å². The summed E-state index contributed by atoms with van der Waals surface area (Å²) in [5, 5.41) is 7.42. The van der Waals surface area contributed by atoms with Crippen molar-refractivity contribution in [2.45, 2.75) is 33.1 Å². The highest BCUT2D eigenvalue weighted by atomic mass is 16.1. The van der Waals surface area contributed by atoms with Crippen molar-refractivity contribution in [2.24, 2.45) is 0 Å². The van der Waals surface area contributed by atoms with E-state index in [-0.39, 0.29) is 5.91 Å². The van der Waals surface area contributed by atoms with Gasteiger partial charge in [0.1, 0.15) is 0 Å². The summed E-state index contributed by atoms with van der Waals surface area (Å²) in [6.45, 7) is 6.33. The van der Waals surface area contributed by atoms with E-state index in [0.717, 1.165) is 24.5 Å². The number of amides is 1. The number of anilines is 2. The highest BCUT2D eigenvalue weighted by molar-refractivity contribution is 6.05. The van der Waals surface area contributed by atoms with Crippen molar-refractivity contribution in [3.05, 3.63) is 65.6 Å². The van der Waals surface area contributed by atoms with Crippen LogP contribution in [0.1, 0.15) is 41.4 Å². The maximum Gasteiger partial charge on any atom is 0.259 e. The first-order valence-corrected chi connectivity index (χ1v) is 9.82. The number of hydrogen-bond acceptors (Lipinski definition) is 4. The van der Waals surface area contributed by atoms with Crippen LogP contribution < -0.4 is 10.2 Å². The van der Waals surface area contributed by atoms with Gasteiger partial charge in [-0.3, -0.25) is 4.79 Å². The summed E-state index contributed by atoms with van der Waals surface area (Å²) in [6, 6.07) is 11.8. The monoisotopic (exact) mass is 375 g/mol. The molecule has 6 heteroatoms. The Bertz CT molecular complexity index is 974. The molecule has 3 heterocycles. The van der Waals surface area contributed by atoms with Crippen molar-refractivity contribution in [2.75, 3.05) is 23.3 Å². The van der Waals surface area contributed by atoms with Crippen LogP contribution in [-0.2, 0) is 6.42 Å². The molecule has 4 rings (SSSR count). The van der Waals surface area contributed by atoms with Crippen LogP contribution >= 0.6 is 0 Å². The van der Waals surface area contributed by atoms with Crippen molar-refractivity contribution in [3.8, 4) is 5.82 Å². The van der Waals surface area contributed by atoms with Crippen LogP contribution in [0.15, 0.2) is 48.8 Å². The number of hydrogen-bond donors (Lipinski definition) is 1. The van der Waals surface area contributed by atoms with Crippen molar-refractivity contribution < 1.29 is 4.79 Å². The van der Waals surface area contributed by atoms with E-state index in [4.69, 9.17) is 0 Å². The molecule has 1 N–H and O–H groups in total. The highest BCUT2D eigenvalue weighted by Crippen LogP contribution is 2.27. The number of nitrogens with one attached hydrogen (secondary N) is 1. The number of pyridine rings is 1. The highest BCUT2D eigenvalue weighted by Gasteiger charge is 2.19. The van der Waals surface area contributed by atoms with Gasteiger partial charge in [0.15, 0.2) is 5.82 Å². The van der Waals surface area contributed by atoms with Gasteiger partial charge in [-0.05, 0) is 62.1 Å². The smallest absolute Gasteiger partial charge is 0.259 e. The zero-order valence-electron chi connectivity index (χ0n) is 16.4. The lowest BCUT2D eigenvalue weighted by molar-refractivity contribution is 0.102. The van der Waals surface area contributed by atoms with Gasteiger partial charge in [0, 0.05) is 30.7 Å². The number of nitrogens with zero attached hydrogens (tertiary/aromatic N) is 4. The Morgan fingerprint density at radius 2 is 2.00 bits per heavy atom. The molecule has 144 valence electrons. The number of carbonyl (C=O) groups excluding carboxylic acids is 1. The van der Waals surface area contributed by atoms with E-state index in [1.54, 1.807) is 17.1 Å². The summed E-state index contributed by atoms with van der Waals surface area (Å²) >= 11 is 0. The quantitative estimate of drug-likeness (QED) is 0.732. The van der Waals surface area contributed by atoms with Gasteiger partial charge in [0.25, 0.3) is 5.91 Å². The maximum absolute atomic E-state index is 12.9. The van der Waals surface area contributed by atoms with Crippen LogP contribution in [0.25, 0.3) is 5.82 Å². The Kier molecular flexibility index (Phi) is 5.10. The SMILES string of the molecule is CCc1c(C(=O)Nc2ccc(N3CCCC3)c(C)c2)cnn1-c1ccccn1. The molecule has 6 nitrogen and oxygen atoms in total. The number of aromatic nitrogens is 3. The average molecular weight is 375 g/mol. The predicted octanol–water partition coefficient (Wildman–Crippen LogP) is 3.99. The molecule has 1 aliphatic rings. The lowest BCUT2D eigenvalue weighted by atomic mass is 10.1. The second kappa shape index (κ2) is 7.84. The minimum absolute atomic E-state index is 0.146.